The molecule has 0 saturated heterocycles. The van der Waals surface area contributed by atoms with Crippen LogP contribution in [0.2, 0.25) is 0 Å². The summed E-state index contributed by atoms with van der Waals surface area (Å²) in [6.07, 6.45) is 18.8. The molecule has 0 aliphatic rings. The predicted octanol–water partition coefficient (Wildman–Crippen LogP) is 6.14. The summed E-state index contributed by atoms with van der Waals surface area (Å²) in [7, 11) is 0. The van der Waals surface area contributed by atoms with Crippen LogP contribution < -0.4 is 0 Å². The summed E-state index contributed by atoms with van der Waals surface area (Å²) < 4.78 is 0. The Hall–Kier alpha value is -0.260. The molecule has 0 aromatic rings. The van der Waals surface area contributed by atoms with Crippen LogP contribution in [-0.4, -0.2) is 0 Å². The first-order chi connectivity index (χ1) is 8.35. The Morgan fingerprint density at radius 1 is 0.824 bits per heavy atom. The standard InChI is InChI=1S/C17H32/c1-4-7-9-10-11-12-14-16-17(6-3)15-13-8-5-2/h10-11,17H,1-2,4-9,12-16H2,3H3. The molecule has 0 heteroatoms. The van der Waals surface area contributed by atoms with Crippen molar-refractivity contribution < 1.29 is 0 Å². The van der Waals surface area contributed by atoms with Crippen molar-refractivity contribution in [3.8, 4) is 0 Å². The van der Waals surface area contributed by atoms with E-state index in [-0.39, 0.29) is 0 Å². The minimum Gasteiger partial charge on any atom is -0.0885 e. The lowest BCUT2D eigenvalue weighted by Gasteiger charge is -2.13. The van der Waals surface area contributed by atoms with Gasteiger partial charge >= 0.3 is 0 Å². The maximum atomic E-state index is 3.91. The lowest BCUT2D eigenvalue weighted by Crippen LogP contribution is -1.98. The van der Waals surface area contributed by atoms with Gasteiger partial charge in [-0.3, -0.25) is 0 Å². The fourth-order valence-electron chi connectivity index (χ4n) is 2.18. The molecule has 0 nitrogen and oxygen atoms in total. The van der Waals surface area contributed by atoms with Crippen LogP contribution in [0, 0.1) is 19.8 Å². The zero-order valence-corrected chi connectivity index (χ0v) is 11.9. The van der Waals surface area contributed by atoms with Crippen molar-refractivity contribution in [1.82, 2.24) is 0 Å². The summed E-state index contributed by atoms with van der Waals surface area (Å²) in [5, 5.41) is 0. The molecular weight excluding hydrogens is 204 g/mol. The fourth-order valence-corrected chi connectivity index (χ4v) is 2.18. The fraction of sp³-hybridized carbons (Fsp3) is 0.765. The van der Waals surface area contributed by atoms with E-state index < -0.39 is 0 Å². The van der Waals surface area contributed by atoms with Crippen molar-refractivity contribution in [3.05, 3.63) is 26.0 Å². The average Bonchev–Trinajstić information content (AvgIpc) is 2.35. The molecule has 1 atom stereocenters. The maximum Gasteiger partial charge on any atom is -0.0351 e. The highest BCUT2D eigenvalue weighted by molar-refractivity contribution is 4.81. The van der Waals surface area contributed by atoms with Crippen LogP contribution in [0.5, 0.6) is 0 Å². The normalized spacial score (nSPS) is 13.4. The summed E-state index contributed by atoms with van der Waals surface area (Å²) in [4.78, 5) is 0. The Morgan fingerprint density at radius 2 is 1.41 bits per heavy atom. The summed E-state index contributed by atoms with van der Waals surface area (Å²) in [6, 6.07) is 0. The second-order valence-corrected chi connectivity index (χ2v) is 5.02. The van der Waals surface area contributed by atoms with Gasteiger partial charge < -0.3 is 0 Å². The molecule has 0 aliphatic carbocycles. The van der Waals surface area contributed by atoms with Crippen molar-refractivity contribution in [2.45, 2.75) is 77.6 Å². The molecule has 0 spiro atoms. The Balaban J connectivity index is 3.39. The average molecular weight is 236 g/mol. The Labute approximate surface area is 110 Å². The van der Waals surface area contributed by atoms with Crippen molar-refractivity contribution in [2.75, 3.05) is 0 Å². The van der Waals surface area contributed by atoms with Gasteiger partial charge in [-0.05, 0) is 31.6 Å². The highest BCUT2D eigenvalue weighted by atomic mass is 14.1. The zero-order chi connectivity index (χ0) is 12.8. The lowest BCUT2D eigenvalue weighted by atomic mass is 9.93. The van der Waals surface area contributed by atoms with Gasteiger partial charge in [0.2, 0.25) is 0 Å². The number of rotatable bonds is 12. The van der Waals surface area contributed by atoms with E-state index >= 15 is 0 Å². The largest absolute Gasteiger partial charge is 0.0885 e. The molecule has 2 radical (unpaired) electrons. The Kier molecular flexibility index (Phi) is 13.6. The monoisotopic (exact) mass is 236 g/mol. The molecule has 17 heavy (non-hydrogen) atoms. The quantitative estimate of drug-likeness (QED) is 0.282. The van der Waals surface area contributed by atoms with Gasteiger partial charge in [-0.25, -0.2) is 0 Å². The summed E-state index contributed by atoms with van der Waals surface area (Å²) in [5.74, 6) is 0.954. The smallest absolute Gasteiger partial charge is 0.0351 e. The SMILES string of the molecule is [CH2]CCCC=CCCCC(CC)CCCC[CH2]. The van der Waals surface area contributed by atoms with Gasteiger partial charge in [0.25, 0.3) is 0 Å². The first-order valence-electron chi connectivity index (χ1n) is 7.58. The van der Waals surface area contributed by atoms with Crippen molar-refractivity contribution in [3.63, 3.8) is 0 Å². The van der Waals surface area contributed by atoms with Gasteiger partial charge in [-0.1, -0.05) is 77.9 Å². The van der Waals surface area contributed by atoms with E-state index in [1.165, 1.54) is 57.8 Å². The van der Waals surface area contributed by atoms with Crippen LogP contribution in [-0.2, 0) is 0 Å². The van der Waals surface area contributed by atoms with E-state index in [1.54, 1.807) is 0 Å². The van der Waals surface area contributed by atoms with Gasteiger partial charge in [0, 0.05) is 0 Å². The Bertz CT molecular complexity index is 157. The number of allylic oxidation sites excluding steroid dienone is 2. The minimum atomic E-state index is 0.954. The molecule has 0 bridgehead atoms. The second-order valence-electron chi connectivity index (χ2n) is 5.02. The molecular formula is C17H32. The van der Waals surface area contributed by atoms with E-state index in [0.29, 0.717) is 0 Å². The lowest BCUT2D eigenvalue weighted by molar-refractivity contribution is 0.408. The summed E-state index contributed by atoms with van der Waals surface area (Å²) >= 11 is 0. The van der Waals surface area contributed by atoms with Gasteiger partial charge in [-0.15, -0.1) is 0 Å². The topological polar surface area (TPSA) is 0 Å². The van der Waals surface area contributed by atoms with E-state index in [0.717, 1.165) is 18.8 Å². The third-order valence-corrected chi connectivity index (χ3v) is 3.46. The van der Waals surface area contributed by atoms with Crippen LogP contribution in [0.1, 0.15) is 77.6 Å². The minimum absolute atomic E-state index is 0.954. The highest BCUT2D eigenvalue weighted by Crippen LogP contribution is 2.20. The van der Waals surface area contributed by atoms with Crippen LogP contribution >= 0.6 is 0 Å². The van der Waals surface area contributed by atoms with Crippen LogP contribution in [0.4, 0.5) is 0 Å². The van der Waals surface area contributed by atoms with Gasteiger partial charge in [0.1, 0.15) is 0 Å². The number of hydrogen-bond acceptors (Lipinski definition) is 0. The van der Waals surface area contributed by atoms with Crippen molar-refractivity contribution in [1.29, 1.82) is 0 Å². The molecule has 0 heterocycles. The molecule has 0 aromatic heterocycles. The van der Waals surface area contributed by atoms with Crippen LogP contribution in [0.3, 0.4) is 0 Å². The van der Waals surface area contributed by atoms with Gasteiger partial charge in [0.05, 0.1) is 0 Å². The predicted molar refractivity (Wildman–Crippen MR) is 79.8 cm³/mol. The summed E-state index contributed by atoms with van der Waals surface area (Å²) in [5.41, 5.74) is 0. The number of hydrogen-bond donors (Lipinski definition) is 0. The summed E-state index contributed by atoms with van der Waals surface area (Å²) in [6.45, 7) is 10.1. The number of unbranched alkanes of at least 4 members (excludes halogenated alkanes) is 5. The first kappa shape index (κ1) is 16.7. The van der Waals surface area contributed by atoms with Gasteiger partial charge in [-0.2, -0.15) is 0 Å². The molecule has 0 aliphatic heterocycles. The van der Waals surface area contributed by atoms with E-state index in [4.69, 9.17) is 0 Å². The van der Waals surface area contributed by atoms with E-state index in [9.17, 15) is 0 Å². The molecule has 1 unspecified atom stereocenters. The Morgan fingerprint density at radius 3 is 2.00 bits per heavy atom. The first-order valence-corrected chi connectivity index (χ1v) is 7.58. The van der Waals surface area contributed by atoms with E-state index in [2.05, 4.69) is 32.9 Å². The third kappa shape index (κ3) is 12.0. The van der Waals surface area contributed by atoms with Crippen LogP contribution in [0.25, 0.3) is 0 Å². The van der Waals surface area contributed by atoms with Crippen molar-refractivity contribution >= 4 is 0 Å². The molecule has 0 aromatic carbocycles. The second kappa shape index (κ2) is 13.8. The molecule has 0 fully saturated rings. The van der Waals surface area contributed by atoms with Crippen molar-refractivity contribution in [2.24, 2.45) is 5.92 Å². The molecule has 0 amide bonds. The van der Waals surface area contributed by atoms with Crippen LogP contribution in [0.15, 0.2) is 12.2 Å². The highest BCUT2D eigenvalue weighted by Gasteiger charge is 2.04. The molecule has 0 rings (SSSR count). The molecule has 0 saturated carbocycles. The van der Waals surface area contributed by atoms with E-state index in [1.807, 2.05) is 0 Å². The zero-order valence-electron chi connectivity index (χ0n) is 11.9. The molecule has 100 valence electrons. The third-order valence-electron chi connectivity index (χ3n) is 3.46. The van der Waals surface area contributed by atoms with Gasteiger partial charge in [0.15, 0.2) is 0 Å². The maximum absolute atomic E-state index is 3.91. The molecule has 0 N–H and O–H groups in total.